The first-order valence-corrected chi connectivity index (χ1v) is 8.57. The summed E-state index contributed by atoms with van der Waals surface area (Å²) < 4.78 is 48.2. The lowest BCUT2D eigenvalue weighted by molar-refractivity contribution is -0.150. The maximum atomic E-state index is 14.5. The summed E-state index contributed by atoms with van der Waals surface area (Å²) in [4.78, 5) is 11.8. The van der Waals surface area contributed by atoms with Gasteiger partial charge in [0, 0.05) is 6.04 Å². The van der Waals surface area contributed by atoms with Crippen LogP contribution in [0.5, 0.6) is 5.75 Å². The first kappa shape index (κ1) is 19.5. The highest BCUT2D eigenvalue weighted by Gasteiger charge is 2.60. The molecule has 1 aliphatic rings. The van der Waals surface area contributed by atoms with Crippen LogP contribution in [-0.4, -0.2) is 30.1 Å². The number of halogens is 4. The molecule has 4 nitrogen and oxygen atoms in total. The van der Waals surface area contributed by atoms with E-state index in [1.807, 2.05) is 0 Å². The molecule has 1 saturated heterocycles. The number of aliphatic hydroxyl groups is 1. The van der Waals surface area contributed by atoms with Crippen LogP contribution in [0.4, 0.5) is 13.2 Å². The van der Waals surface area contributed by atoms with E-state index in [-0.39, 0.29) is 22.6 Å². The van der Waals surface area contributed by atoms with Gasteiger partial charge in [-0.2, -0.15) is 8.78 Å². The van der Waals surface area contributed by atoms with Crippen LogP contribution in [0.1, 0.15) is 17.2 Å². The number of carbonyl (C=O) groups excluding carboxylic acids is 1. The maximum absolute atomic E-state index is 14.5. The zero-order valence-corrected chi connectivity index (χ0v) is 15.0. The molecule has 2 aromatic rings. The normalized spacial score (nSPS) is 22.4. The standard InChI is InChI=1S/C19H17ClF3NO3/c1-27-12-7-5-10(6-8-12)17(25)15-14(24-18(26)19(15,22)23)9-11-3-2-4-13(20)16(11)21/h2-8,14-15,17,25H,9H2,1H3,(H,24,26). The van der Waals surface area contributed by atoms with Crippen molar-refractivity contribution in [1.29, 1.82) is 0 Å². The number of alkyl halides is 2. The van der Waals surface area contributed by atoms with E-state index in [1.165, 1.54) is 49.6 Å². The summed E-state index contributed by atoms with van der Waals surface area (Å²) in [5.74, 6) is -7.31. The number of benzene rings is 2. The molecule has 0 bridgehead atoms. The molecular weight excluding hydrogens is 383 g/mol. The van der Waals surface area contributed by atoms with E-state index in [0.717, 1.165) is 0 Å². The summed E-state index contributed by atoms with van der Waals surface area (Å²) in [6.07, 6.45) is -1.87. The number of hydrogen-bond donors (Lipinski definition) is 2. The zero-order chi connectivity index (χ0) is 19.8. The number of carbonyl (C=O) groups is 1. The van der Waals surface area contributed by atoms with Crippen molar-refractivity contribution in [2.45, 2.75) is 24.5 Å². The largest absolute Gasteiger partial charge is 0.497 e. The summed E-state index contributed by atoms with van der Waals surface area (Å²) in [5, 5.41) is 12.6. The molecule has 0 aromatic heterocycles. The molecule has 1 fully saturated rings. The number of methoxy groups -OCH3 is 1. The Morgan fingerprint density at radius 3 is 2.56 bits per heavy atom. The number of aliphatic hydroxyl groups excluding tert-OH is 1. The van der Waals surface area contributed by atoms with Crippen LogP contribution < -0.4 is 10.1 Å². The molecule has 2 aromatic carbocycles. The first-order valence-electron chi connectivity index (χ1n) is 8.19. The smallest absolute Gasteiger partial charge is 0.332 e. The molecule has 1 aliphatic heterocycles. The lowest BCUT2D eigenvalue weighted by Gasteiger charge is -2.27. The van der Waals surface area contributed by atoms with Crippen molar-refractivity contribution in [2.75, 3.05) is 7.11 Å². The van der Waals surface area contributed by atoms with Crippen LogP contribution in [0.25, 0.3) is 0 Å². The van der Waals surface area contributed by atoms with Crippen LogP contribution in [-0.2, 0) is 11.2 Å². The maximum Gasteiger partial charge on any atom is 0.332 e. The van der Waals surface area contributed by atoms with E-state index in [2.05, 4.69) is 5.32 Å². The second-order valence-corrected chi connectivity index (χ2v) is 6.77. The van der Waals surface area contributed by atoms with Crippen LogP contribution in [0.15, 0.2) is 42.5 Å². The van der Waals surface area contributed by atoms with Crippen LogP contribution in [0, 0.1) is 11.7 Å². The molecule has 3 unspecified atom stereocenters. The Morgan fingerprint density at radius 2 is 1.93 bits per heavy atom. The third-order valence-electron chi connectivity index (χ3n) is 4.74. The van der Waals surface area contributed by atoms with Crippen LogP contribution in [0.2, 0.25) is 5.02 Å². The average Bonchev–Trinajstić information content (AvgIpc) is 2.87. The highest BCUT2D eigenvalue weighted by Crippen LogP contribution is 2.43. The zero-order valence-electron chi connectivity index (χ0n) is 14.3. The van der Waals surface area contributed by atoms with Gasteiger partial charge in [0.2, 0.25) is 0 Å². The van der Waals surface area contributed by atoms with E-state index in [0.29, 0.717) is 5.75 Å². The monoisotopic (exact) mass is 399 g/mol. The van der Waals surface area contributed by atoms with E-state index in [1.54, 1.807) is 0 Å². The van der Waals surface area contributed by atoms with Crippen molar-refractivity contribution in [2.24, 2.45) is 5.92 Å². The SMILES string of the molecule is COc1ccc(C(O)C2C(Cc3cccc(Cl)c3F)NC(=O)C2(F)F)cc1. The third kappa shape index (κ3) is 3.61. The Labute approximate surface area is 158 Å². The number of nitrogens with one attached hydrogen (secondary N) is 1. The predicted octanol–water partition coefficient (Wildman–Crippen LogP) is 3.51. The molecular formula is C19H17ClF3NO3. The quantitative estimate of drug-likeness (QED) is 0.809. The fraction of sp³-hybridized carbons (Fsp3) is 0.316. The Hall–Kier alpha value is -2.25. The van der Waals surface area contributed by atoms with Gasteiger partial charge >= 0.3 is 5.92 Å². The highest BCUT2D eigenvalue weighted by molar-refractivity contribution is 6.30. The summed E-state index contributed by atoms with van der Waals surface area (Å²) in [6.45, 7) is 0. The molecule has 0 saturated carbocycles. The second kappa shape index (κ2) is 7.40. The molecule has 1 heterocycles. The summed E-state index contributed by atoms with van der Waals surface area (Å²) in [5.41, 5.74) is 0.283. The molecule has 2 N–H and O–H groups in total. The van der Waals surface area contributed by atoms with Crippen LogP contribution in [0.3, 0.4) is 0 Å². The third-order valence-corrected chi connectivity index (χ3v) is 5.03. The first-order chi connectivity index (χ1) is 12.8. The minimum atomic E-state index is -3.81. The minimum absolute atomic E-state index is 0.0810. The van der Waals surface area contributed by atoms with Crippen molar-refractivity contribution in [3.05, 3.63) is 64.4 Å². The molecule has 0 aliphatic carbocycles. The summed E-state index contributed by atoms with van der Waals surface area (Å²) in [6, 6.07) is 8.99. The molecule has 1 amide bonds. The van der Waals surface area contributed by atoms with Gasteiger partial charge in [-0.25, -0.2) is 4.39 Å². The molecule has 27 heavy (non-hydrogen) atoms. The van der Waals surface area contributed by atoms with Gasteiger partial charge in [0.1, 0.15) is 11.6 Å². The fourth-order valence-corrected chi connectivity index (χ4v) is 3.50. The Bertz CT molecular complexity index is 845. The van der Waals surface area contributed by atoms with E-state index >= 15 is 0 Å². The number of amides is 1. The lowest BCUT2D eigenvalue weighted by Crippen LogP contribution is -2.38. The van der Waals surface area contributed by atoms with Crippen molar-refractivity contribution >= 4 is 17.5 Å². The molecule has 3 rings (SSSR count). The van der Waals surface area contributed by atoms with Gasteiger partial charge in [-0.3, -0.25) is 4.79 Å². The van der Waals surface area contributed by atoms with Crippen molar-refractivity contribution < 1.29 is 27.8 Å². The molecule has 0 spiro atoms. The van der Waals surface area contributed by atoms with Gasteiger partial charge in [-0.05, 0) is 35.7 Å². The van der Waals surface area contributed by atoms with Gasteiger partial charge in [-0.1, -0.05) is 35.9 Å². The summed E-state index contributed by atoms with van der Waals surface area (Å²) >= 11 is 5.74. The Balaban J connectivity index is 1.92. The predicted molar refractivity (Wildman–Crippen MR) is 93.4 cm³/mol. The van der Waals surface area contributed by atoms with E-state index < -0.39 is 35.7 Å². The minimum Gasteiger partial charge on any atom is -0.497 e. The molecule has 3 atom stereocenters. The van der Waals surface area contributed by atoms with Gasteiger partial charge < -0.3 is 15.2 Å². The number of rotatable bonds is 5. The second-order valence-electron chi connectivity index (χ2n) is 6.36. The van der Waals surface area contributed by atoms with Gasteiger partial charge in [0.25, 0.3) is 5.91 Å². The Morgan fingerprint density at radius 1 is 1.26 bits per heavy atom. The van der Waals surface area contributed by atoms with Crippen LogP contribution >= 0.6 is 11.6 Å². The van der Waals surface area contributed by atoms with E-state index in [4.69, 9.17) is 16.3 Å². The Kier molecular flexibility index (Phi) is 5.35. The van der Waals surface area contributed by atoms with Gasteiger partial charge in [0.05, 0.1) is 24.2 Å². The van der Waals surface area contributed by atoms with Crippen molar-refractivity contribution in [3.63, 3.8) is 0 Å². The lowest BCUT2D eigenvalue weighted by atomic mass is 9.84. The highest BCUT2D eigenvalue weighted by atomic mass is 35.5. The molecule has 8 heteroatoms. The van der Waals surface area contributed by atoms with Gasteiger partial charge in [0.15, 0.2) is 0 Å². The molecule has 144 valence electrons. The van der Waals surface area contributed by atoms with Crippen molar-refractivity contribution in [1.82, 2.24) is 5.32 Å². The topological polar surface area (TPSA) is 58.6 Å². The van der Waals surface area contributed by atoms with Gasteiger partial charge in [-0.15, -0.1) is 0 Å². The fourth-order valence-electron chi connectivity index (χ4n) is 3.31. The van der Waals surface area contributed by atoms with Crippen molar-refractivity contribution in [3.8, 4) is 5.75 Å². The van der Waals surface area contributed by atoms with E-state index in [9.17, 15) is 23.1 Å². The number of hydrogen-bond acceptors (Lipinski definition) is 3. The number of ether oxygens (including phenoxy) is 1. The molecule has 0 radical (unpaired) electrons. The average molecular weight is 400 g/mol. The summed E-state index contributed by atoms with van der Waals surface area (Å²) in [7, 11) is 1.45.